The van der Waals surface area contributed by atoms with E-state index >= 15 is 0 Å². The van der Waals surface area contributed by atoms with Crippen LogP contribution in [0.1, 0.15) is 19.4 Å². The number of amides is 1. The molecule has 27 heavy (non-hydrogen) atoms. The van der Waals surface area contributed by atoms with Gasteiger partial charge in [0.15, 0.2) is 11.0 Å². The van der Waals surface area contributed by atoms with Crippen LogP contribution in [0.5, 0.6) is 0 Å². The Morgan fingerprint density at radius 3 is 2.52 bits per heavy atom. The Morgan fingerprint density at radius 2 is 1.85 bits per heavy atom. The SMILES string of the molecule is CCn1c(SC(C)C(=O)N(C)Cc2ccccc2)nnc1-c1ccncc1. The van der Waals surface area contributed by atoms with Crippen molar-refractivity contribution in [2.24, 2.45) is 0 Å². The van der Waals surface area contributed by atoms with Gasteiger partial charge in [-0.3, -0.25) is 9.78 Å². The highest BCUT2D eigenvalue weighted by Crippen LogP contribution is 2.27. The minimum absolute atomic E-state index is 0.0694. The van der Waals surface area contributed by atoms with Crippen LogP contribution in [0.2, 0.25) is 0 Å². The third-order valence-corrected chi connectivity index (χ3v) is 5.31. The molecule has 1 amide bonds. The zero-order valence-corrected chi connectivity index (χ0v) is 16.6. The van der Waals surface area contributed by atoms with Gasteiger partial charge >= 0.3 is 0 Å². The second-order valence-corrected chi connectivity index (χ2v) is 7.53. The van der Waals surface area contributed by atoms with Gasteiger partial charge in [0.05, 0.1) is 5.25 Å². The number of thioether (sulfide) groups is 1. The number of hydrogen-bond donors (Lipinski definition) is 0. The summed E-state index contributed by atoms with van der Waals surface area (Å²) in [5.74, 6) is 0.861. The third kappa shape index (κ3) is 4.54. The fraction of sp³-hybridized carbons (Fsp3) is 0.300. The Morgan fingerprint density at radius 1 is 1.15 bits per heavy atom. The second kappa shape index (κ2) is 8.81. The number of hydrogen-bond acceptors (Lipinski definition) is 5. The quantitative estimate of drug-likeness (QED) is 0.586. The summed E-state index contributed by atoms with van der Waals surface area (Å²) < 4.78 is 2.03. The van der Waals surface area contributed by atoms with Crippen LogP contribution >= 0.6 is 11.8 Å². The van der Waals surface area contributed by atoms with Crippen LogP contribution in [0.4, 0.5) is 0 Å². The highest BCUT2D eigenvalue weighted by atomic mass is 32.2. The van der Waals surface area contributed by atoms with Crippen LogP contribution in [0.15, 0.2) is 60.0 Å². The Hall–Kier alpha value is -2.67. The van der Waals surface area contributed by atoms with Gasteiger partial charge in [-0.05, 0) is 31.5 Å². The first-order chi connectivity index (χ1) is 13.1. The fourth-order valence-electron chi connectivity index (χ4n) is 2.83. The summed E-state index contributed by atoms with van der Waals surface area (Å²) in [5.41, 5.74) is 2.08. The molecule has 3 aromatic rings. The second-order valence-electron chi connectivity index (χ2n) is 6.23. The Bertz CT molecular complexity index is 882. The molecule has 0 radical (unpaired) electrons. The van der Waals surface area contributed by atoms with Crippen molar-refractivity contribution in [1.82, 2.24) is 24.6 Å². The van der Waals surface area contributed by atoms with Crippen molar-refractivity contribution in [3.05, 3.63) is 60.4 Å². The van der Waals surface area contributed by atoms with Crippen LogP contribution in [0.3, 0.4) is 0 Å². The first kappa shape index (κ1) is 19.1. The van der Waals surface area contributed by atoms with Gasteiger partial charge in [0.2, 0.25) is 5.91 Å². The minimum atomic E-state index is -0.251. The maximum Gasteiger partial charge on any atom is 0.235 e. The van der Waals surface area contributed by atoms with E-state index in [0.29, 0.717) is 6.54 Å². The van der Waals surface area contributed by atoms with Gasteiger partial charge in [-0.1, -0.05) is 42.1 Å². The summed E-state index contributed by atoms with van der Waals surface area (Å²) in [6.07, 6.45) is 3.48. The predicted molar refractivity (Wildman–Crippen MR) is 107 cm³/mol. The molecule has 6 nitrogen and oxygen atoms in total. The molecule has 0 N–H and O–H groups in total. The summed E-state index contributed by atoms with van der Waals surface area (Å²) in [7, 11) is 1.83. The van der Waals surface area contributed by atoms with E-state index in [2.05, 4.69) is 15.2 Å². The lowest BCUT2D eigenvalue weighted by Gasteiger charge is -2.21. The minimum Gasteiger partial charge on any atom is -0.340 e. The maximum absolute atomic E-state index is 12.8. The molecule has 0 bridgehead atoms. The molecule has 0 spiro atoms. The van der Waals surface area contributed by atoms with Gasteiger partial charge in [0.1, 0.15) is 0 Å². The number of pyridine rings is 1. The van der Waals surface area contributed by atoms with Crippen LogP contribution in [-0.4, -0.2) is 42.9 Å². The van der Waals surface area contributed by atoms with Gasteiger partial charge in [0, 0.05) is 38.1 Å². The number of nitrogens with zero attached hydrogens (tertiary/aromatic N) is 5. The first-order valence-electron chi connectivity index (χ1n) is 8.89. The monoisotopic (exact) mass is 381 g/mol. The van der Waals surface area contributed by atoms with Crippen molar-refractivity contribution < 1.29 is 4.79 Å². The van der Waals surface area contributed by atoms with Crippen LogP contribution in [-0.2, 0) is 17.9 Å². The normalized spacial score (nSPS) is 12.0. The van der Waals surface area contributed by atoms with Crippen LogP contribution < -0.4 is 0 Å². The highest BCUT2D eigenvalue weighted by Gasteiger charge is 2.22. The van der Waals surface area contributed by atoms with Gasteiger partial charge < -0.3 is 9.47 Å². The zero-order valence-electron chi connectivity index (χ0n) is 15.7. The zero-order chi connectivity index (χ0) is 19.2. The van der Waals surface area contributed by atoms with Crippen molar-refractivity contribution >= 4 is 17.7 Å². The van der Waals surface area contributed by atoms with E-state index in [4.69, 9.17) is 0 Å². The fourth-order valence-corrected chi connectivity index (χ4v) is 3.86. The molecule has 1 unspecified atom stereocenters. The van der Waals surface area contributed by atoms with E-state index in [-0.39, 0.29) is 11.2 Å². The van der Waals surface area contributed by atoms with Gasteiger partial charge in [0.25, 0.3) is 0 Å². The van der Waals surface area contributed by atoms with E-state index in [0.717, 1.165) is 28.7 Å². The molecule has 0 saturated heterocycles. The van der Waals surface area contributed by atoms with E-state index in [1.54, 1.807) is 17.3 Å². The molecule has 1 aromatic carbocycles. The lowest BCUT2D eigenvalue weighted by molar-refractivity contribution is -0.129. The topological polar surface area (TPSA) is 63.9 Å². The first-order valence-corrected chi connectivity index (χ1v) is 9.77. The number of rotatable bonds is 7. The molecular formula is C20H23N5OS. The van der Waals surface area contributed by atoms with Crippen molar-refractivity contribution in [2.75, 3.05) is 7.05 Å². The molecule has 7 heteroatoms. The van der Waals surface area contributed by atoms with E-state index < -0.39 is 0 Å². The Labute approximate surface area is 163 Å². The van der Waals surface area contributed by atoms with Crippen LogP contribution in [0.25, 0.3) is 11.4 Å². The Balaban J connectivity index is 1.71. The molecule has 140 valence electrons. The third-order valence-electron chi connectivity index (χ3n) is 4.24. The molecule has 0 aliphatic carbocycles. The van der Waals surface area contributed by atoms with E-state index in [1.165, 1.54) is 11.8 Å². The molecule has 2 aromatic heterocycles. The Kier molecular flexibility index (Phi) is 6.24. The predicted octanol–water partition coefficient (Wildman–Crippen LogP) is 3.50. The largest absolute Gasteiger partial charge is 0.340 e. The molecular weight excluding hydrogens is 358 g/mol. The summed E-state index contributed by atoms with van der Waals surface area (Å²) in [4.78, 5) is 18.6. The summed E-state index contributed by atoms with van der Waals surface area (Å²) in [6, 6.07) is 13.8. The smallest absolute Gasteiger partial charge is 0.235 e. The van der Waals surface area contributed by atoms with Crippen LogP contribution in [0, 0.1) is 0 Å². The lowest BCUT2D eigenvalue weighted by Crippen LogP contribution is -2.33. The van der Waals surface area contributed by atoms with E-state index in [1.807, 2.05) is 67.9 Å². The van der Waals surface area contributed by atoms with Gasteiger partial charge in [-0.15, -0.1) is 10.2 Å². The number of carbonyl (C=O) groups is 1. The standard InChI is InChI=1S/C20H23N5OS/c1-4-25-18(17-10-12-21-13-11-17)22-23-20(25)27-15(2)19(26)24(3)14-16-8-6-5-7-9-16/h5-13,15H,4,14H2,1-3H3. The summed E-state index contributed by atoms with van der Waals surface area (Å²) in [5, 5.41) is 9.13. The molecule has 0 fully saturated rings. The lowest BCUT2D eigenvalue weighted by atomic mass is 10.2. The number of carbonyl (C=O) groups excluding carboxylic acids is 1. The van der Waals surface area contributed by atoms with Gasteiger partial charge in [-0.25, -0.2) is 0 Å². The highest BCUT2D eigenvalue weighted by molar-refractivity contribution is 8.00. The molecule has 3 rings (SSSR count). The molecule has 1 atom stereocenters. The summed E-state index contributed by atoms with van der Waals surface area (Å²) in [6.45, 7) is 5.28. The molecule has 0 aliphatic heterocycles. The summed E-state index contributed by atoms with van der Waals surface area (Å²) >= 11 is 1.44. The van der Waals surface area contributed by atoms with Crippen molar-refractivity contribution in [3.8, 4) is 11.4 Å². The average molecular weight is 382 g/mol. The van der Waals surface area contributed by atoms with Crippen molar-refractivity contribution in [1.29, 1.82) is 0 Å². The van der Waals surface area contributed by atoms with Gasteiger partial charge in [-0.2, -0.15) is 0 Å². The maximum atomic E-state index is 12.8. The number of benzene rings is 1. The van der Waals surface area contributed by atoms with Crippen molar-refractivity contribution in [3.63, 3.8) is 0 Å². The number of aromatic nitrogens is 4. The molecule has 2 heterocycles. The molecule has 0 saturated carbocycles. The average Bonchev–Trinajstić information content (AvgIpc) is 3.11. The van der Waals surface area contributed by atoms with E-state index in [9.17, 15) is 4.79 Å². The van der Waals surface area contributed by atoms with Crippen molar-refractivity contribution in [2.45, 2.75) is 37.3 Å². The molecule has 0 aliphatic rings.